The molecule has 0 heterocycles. The van der Waals surface area contributed by atoms with Crippen LogP contribution in [-0.2, 0) is 9.53 Å². The maximum atomic E-state index is 12.2. The van der Waals surface area contributed by atoms with Crippen molar-refractivity contribution in [2.45, 2.75) is 20.0 Å². The van der Waals surface area contributed by atoms with E-state index in [1.165, 1.54) is 13.0 Å². The van der Waals surface area contributed by atoms with Crippen molar-refractivity contribution in [2.24, 2.45) is 0 Å². The van der Waals surface area contributed by atoms with Crippen LogP contribution >= 0.6 is 11.6 Å². The van der Waals surface area contributed by atoms with E-state index in [1.807, 2.05) is 6.92 Å². The predicted molar refractivity (Wildman–Crippen MR) is 99.2 cm³/mol. The van der Waals surface area contributed by atoms with Gasteiger partial charge >= 0.3 is 5.97 Å². The van der Waals surface area contributed by atoms with Gasteiger partial charge in [0, 0.05) is 17.8 Å². The summed E-state index contributed by atoms with van der Waals surface area (Å²) in [5.74, 6) is -0.724. The van der Waals surface area contributed by atoms with Gasteiger partial charge in [0.15, 0.2) is 6.10 Å². The topological polar surface area (TPSA) is 108 Å². The smallest absolute Gasteiger partial charge is 0.340 e. The Morgan fingerprint density at radius 3 is 2.44 bits per heavy atom. The first-order chi connectivity index (χ1) is 12.8. The summed E-state index contributed by atoms with van der Waals surface area (Å²) in [4.78, 5) is 34.4. The van der Waals surface area contributed by atoms with E-state index in [2.05, 4.69) is 5.32 Å². The van der Waals surface area contributed by atoms with Crippen LogP contribution < -0.4 is 10.1 Å². The number of carbonyl (C=O) groups excluding carboxylic acids is 2. The molecule has 1 N–H and O–H groups in total. The summed E-state index contributed by atoms with van der Waals surface area (Å²) in [6, 6.07) is 10.1. The van der Waals surface area contributed by atoms with E-state index in [0.29, 0.717) is 18.0 Å². The maximum absolute atomic E-state index is 12.2. The number of nitrogens with one attached hydrogen (secondary N) is 1. The Bertz CT molecular complexity index is 853. The molecule has 27 heavy (non-hydrogen) atoms. The van der Waals surface area contributed by atoms with E-state index in [9.17, 15) is 19.7 Å². The number of anilines is 1. The molecule has 1 amide bonds. The van der Waals surface area contributed by atoms with Crippen LogP contribution in [-0.4, -0.2) is 29.5 Å². The molecular weight excluding hydrogens is 376 g/mol. The van der Waals surface area contributed by atoms with E-state index in [0.717, 1.165) is 12.1 Å². The Morgan fingerprint density at radius 2 is 1.89 bits per heavy atom. The Balaban J connectivity index is 1.99. The first kappa shape index (κ1) is 20.2. The van der Waals surface area contributed by atoms with Gasteiger partial charge in [0.25, 0.3) is 11.6 Å². The fourth-order valence-electron chi connectivity index (χ4n) is 2.11. The lowest BCUT2D eigenvalue weighted by molar-refractivity contribution is -0.384. The second-order valence-corrected chi connectivity index (χ2v) is 5.82. The number of carbonyl (C=O) groups is 2. The normalized spacial score (nSPS) is 11.4. The van der Waals surface area contributed by atoms with E-state index < -0.39 is 22.9 Å². The summed E-state index contributed by atoms with van der Waals surface area (Å²) in [6.45, 7) is 3.80. The number of nitro groups is 1. The van der Waals surface area contributed by atoms with Gasteiger partial charge < -0.3 is 14.8 Å². The highest BCUT2D eigenvalue weighted by Gasteiger charge is 2.22. The summed E-state index contributed by atoms with van der Waals surface area (Å²) >= 11 is 5.88. The van der Waals surface area contributed by atoms with Crippen molar-refractivity contribution in [1.82, 2.24) is 0 Å². The molecule has 1 unspecified atom stereocenters. The lowest BCUT2D eigenvalue weighted by Crippen LogP contribution is -2.30. The van der Waals surface area contributed by atoms with Crippen molar-refractivity contribution in [3.63, 3.8) is 0 Å². The van der Waals surface area contributed by atoms with Crippen LogP contribution in [0.3, 0.4) is 0 Å². The van der Waals surface area contributed by atoms with Crippen LogP contribution in [0.5, 0.6) is 5.75 Å². The summed E-state index contributed by atoms with van der Waals surface area (Å²) in [7, 11) is 0. The number of hydrogen-bond acceptors (Lipinski definition) is 6. The van der Waals surface area contributed by atoms with Crippen molar-refractivity contribution in [3.8, 4) is 5.75 Å². The predicted octanol–water partition coefficient (Wildman–Crippen LogP) is 3.83. The second kappa shape index (κ2) is 9.00. The highest BCUT2D eigenvalue weighted by atomic mass is 35.5. The van der Waals surface area contributed by atoms with Crippen LogP contribution in [0.2, 0.25) is 5.02 Å². The summed E-state index contributed by atoms with van der Waals surface area (Å²) in [5.41, 5.74) is 0.195. The van der Waals surface area contributed by atoms with Gasteiger partial charge in [-0.2, -0.15) is 0 Å². The fourth-order valence-corrected chi connectivity index (χ4v) is 2.36. The monoisotopic (exact) mass is 392 g/mol. The molecule has 0 aliphatic rings. The standard InChI is InChI=1S/C18H17ClN2O6/c1-3-26-14-7-4-12(5-8-14)20-17(22)11(2)27-18(23)15-9-6-13(21(24)25)10-16(15)19/h4-11H,3H2,1-2H3,(H,20,22). The third kappa shape index (κ3) is 5.42. The number of hydrogen-bond donors (Lipinski definition) is 1. The number of benzene rings is 2. The molecule has 0 aliphatic heterocycles. The number of esters is 1. The number of halogens is 1. The molecular formula is C18H17ClN2O6. The van der Waals surface area contributed by atoms with Crippen LogP contribution in [0.1, 0.15) is 24.2 Å². The molecule has 0 fully saturated rings. The zero-order valence-electron chi connectivity index (χ0n) is 14.6. The minimum Gasteiger partial charge on any atom is -0.494 e. The molecule has 142 valence electrons. The van der Waals surface area contributed by atoms with Crippen molar-refractivity contribution in [1.29, 1.82) is 0 Å². The summed E-state index contributed by atoms with van der Waals surface area (Å²) in [5, 5.41) is 13.2. The van der Waals surface area contributed by atoms with Gasteiger partial charge in [-0.3, -0.25) is 14.9 Å². The largest absolute Gasteiger partial charge is 0.494 e. The molecule has 0 saturated heterocycles. The number of amides is 1. The van der Waals surface area contributed by atoms with Crippen molar-refractivity contribution < 1.29 is 24.0 Å². The average molecular weight is 393 g/mol. The molecule has 2 rings (SSSR count). The van der Waals surface area contributed by atoms with Gasteiger partial charge in [0.2, 0.25) is 0 Å². The first-order valence-electron chi connectivity index (χ1n) is 8.00. The molecule has 2 aromatic rings. The van der Waals surface area contributed by atoms with E-state index in [4.69, 9.17) is 21.1 Å². The summed E-state index contributed by atoms with van der Waals surface area (Å²) in [6.07, 6.45) is -1.10. The quantitative estimate of drug-likeness (QED) is 0.436. The van der Waals surface area contributed by atoms with Gasteiger partial charge in [-0.25, -0.2) is 4.79 Å². The third-order valence-electron chi connectivity index (χ3n) is 3.47. The molecule has 2 aromatic carbocycles. The Morgan fingerprint density at radius 1 is 1.22 bits per heavy atom. The SMILES string of the molecule is CCOc1ccc(NC(=O)C(C)OC(=O)c2ccc([N+](=O)[O-])cc2Cl)cc1. The van der Waals surface area contributed by atoms with Gasteiger partial charge in [0.1, 0.15) is 5.75 Å². The van der Waals surface area contributed by atoms with E-state index in [-0.39, 0.29) is 16.3 Å². The average Bonchev–Trinajstić information content (AvgIpc) is 2.63. The van der Waals surface area contributed by atoms with Crippen molar-refractivity contribution >= 4 is 34.9 Å². The van der Waals surface area contributed by atoms with Crippen molar-refractivity contribution in [2.75, 3.05) is 11.9 Å². The fraction of sp³-hybridized carbons (Fsp3) is 0.222. The molecule has 8 nitrogen and oxygen atoms in total. The van der Waals surface area contributed by atoms with Crippen LogP contribution in [0.4, 0.5) is 11.4 Å². The van der Waals surface area contributed by atoms with Crippen molar-refractivity contribution in [3.05, 3.63) is 63.2 Å². The third-order valence-corrected chi connectivity index (χ3v) is 3.78. The summed E-state index contributed by atoms with van der Waals surface area (Å²) < 4.78 is 10.4. The van der Waals surface area contributed by atoms with Gasteiger partial charge in [-0.1, -0.05) is 11.6 Å². The van der Waals surface area contributed by atoms with Crippen LogP contribution in [0.15, 0.2) is 42.5 Å². The van der Waals surface area contributed by atoms with Gasteiger partial charge in [-0.05, 0) is 44.2 Å². The highest BCUT2D eigenvalue weighted by molar-refractivity contribution is 6.33. The Kier molecular flexibility index (Phi) is 6.73. The molecule has 0 saturated carbocycles. The number of nitro benzene ring substituents is 1. The zero-order valence-corrected chi connectivity index (χ0v) is 15.4. The minimum atomic E-state index is -1.10. The van der Waals surface area contributed by atoms with E-state index >= 15 is 0 Å². The van der Waals surface area contributed by atoms with Gasteiger partial charge in [0.05, 0.1) is 22.1 Å². The zero-order chi connectivity index (χ0) is 20.0. The number of non-ortho nitro benzene ring substituents is 1. The lowest BCUT2D eigenvalue weighted by atomic mass is 10.2. The molecule has 0 spiro atoms. The molecule has 0 aromatic heterocycles. The molecule has 0 aliphatic carbocycles. The highest BCUT2D eigenvalue weighted by Crippen LogP contribution is 2.23. The van der Waals surface area contributed by atoms with Gasteiger partial charge in [-0.15, -0.1) is 0 Å². The lowest BCUT2D eigenvalue weighted by Gasteiger charge is -2.14. The van der Waals surface area contributed by atoms with Crippen LogP contribution in [0.25, 0.3) is 0 Å². The first-order valence-corrected chi connectivity index (χ1v) is 8.38. The molecule has 9 heteroatoms. The molecule has 1 atom stereocenters. The number of ether oxygens (including phenoxy) is 2. The van der Waals surface area contributed by atoms with E-state index in [1.54, 1.807) is 24.3 Å². The minimum absolute atomic E-state index is 0.0667. The number of rotatable bonds is 7. The Hall–Kier alpha value is -3.13. The Labute approximate surface area is 160 Å². The maximum Gasteiger partial charge on any atom is 0.340 e. The molecule has 0 radical (unpaired) electrons. The van der Waals surface area contributed by atoms with Crippen LogP contribution in [0, 0.1) is 10.1 Å². The second-order valence-electron chi connectivity index (χ2n) is 5.42. The number of nitrogens with zero attached hydrogens (tertiary/aromatic N) is 1. The molecule has 0 bridgehead atoms.